The Kier molecular flexibility index (Phi) is 9.57. The van der Waals surface area contributed by atoms with Crippen molar-refractivity contribution in [1.29, 1.82) is 0 Å². The Morgan fingerprint density at radius 3 is 2.11 bits per heavy atom. The van der Waals surface area contributed by atoms with E-state index >= 15 is 0 Å². The number of allylic oxidation sites excluding steroid dienone is 4. The molecule has 0 spiro atoms. The van der Waals surface area contributed by atoms with Crippen molar-refractivity contribution in [3.05, 3.63) is 81.4 Å². The molecule has 0 saturated carbocycles. The van der Waals surface area contributed by atoms with Crippen LogP contribution in [0.2, 0.25) is 0 Å². The third-order valence-corrected chi connectivity index (χ3v) is 6.96. The molecule has 3 rings (SSSR count). The van der Waals surface area contributed by atoms with Crippen molar-refractivity contribution in [2.24, 2.45) is 5.92 Å². The fourth-order valence-corrected chi connectivity index (χ4v) is 5.94. The minimum atomic E-state index is -0.287. The number of rotatable bonds is 5. The van der Waals surface area contributed by atoms with E-state index in [-0.39, 0.29) is 44.2 Å². The fraction of sp³-hybridized carbons (Fsp3) is 0.333. The van der Waals surface area contributed by atoms with E-state index in [1.807, 2.05) is 0 Å². The molecule has 1 N–H and O–H groups in total. The molecule has 1 aliphatic carbocycles. The summed E-state index contributed by atoms with van der Waals surface area (Å²) in [7, 11) is 0. The molecular formula is C24H31Cl2NTi. The molecule has 0 heterocycles. The Bertz CT molecular complexity index is 876. The van der Waals surface area contributed by atoms with Crippen molar-refractivity contribution in [1.82, 2.24) is 0 Å². The first-order valence-electron chi connectivity index (χ1n) is 9.43. The Balaban J connectivity index is 0.00000196. The molecule has 2 aromatic carbocycles. The number of benzene rings is 2. The molecule has 0 bridgehead atoms. The van der Waals surface area contributed by atoms with Crippen LogP contribution in [0.25, 0.3) is 5.57 Å². The molecule has 1 atom stereocenters. The van der Waals surface area contributed by atoms with Crippen molar-refractivity contribution >= 4 is 36.1 Å². The van der Waals surface area contributed by atoms with Crippen LogP contribution in [0, 0.1) is 26.7 Å². The number of nitrogens with one attached hydrogen (secondary N) is 1. The number of hydrogen-bond donors (Lipinski definition) is 1. The zero-order valence-corrected chi connectivity index (χ0v) is 20.8. The average molecular weight is 452 g/mol. The van der Waals surface area contributed by atoms with Gasteiger partial charge in [0.25, 0.3) is 0 Å². The zero-order chi connectivity index (χ0) is 18.8. The minimum absolute atomic E-state index is 0. The predicted octanol–water partition coefficient (Wildman–Crippen LogP) is 7.43. The van der Waals surface area contributed by atoms with Gasteiger partial charge in [-0.2, -0.15) is 0 Å². The van der Waals surface area contributed by atoms with Crippen LogP contribution in [-0.4, -0.2) is 0 Å². The van der Waals surface area contributed by atoms with Gasteiger partial charge in [-0.1, -0.05) is 0 Å². The molecule has 0 radical (unpaired) electrons. The van der Waals surface area contributed by atoms with Gasteiger partial charge in [-0.25, -0.2) is 0 Å². The fourth-order valence-electron chi connectivity index (χ4n) is 4.13. The Hall–Kier alpha value is -0.986. The number of aryl methyl sites for hydroxylation is 3. The molecule has 0 fully saturated rings. The van der Waals surface area contributed by atoms with Crippen LogP contribution in [0.1, 0.15) is 48.6 Å². The van der Waals surface area contributed by atoms with Crippen molar-refractivity contribution in [2.45, 2.75) is 46.3 Å². The number of hydrogen-bond acceptors (Lipinski definition) is 1. The van der Waals surface area contributed by atoms with Gasteiger partial charge >= 0.3 is 168 Å². The van der Waals surface area contributed by atoms with Gasteiger partial charge in [0, 0.05) is 0 Å². The molecule has 0 aromatic heterocycles. The third-order valence-electron chi connectivity index (χ3n) is 5.43. The second kappa shape index (κ2) is 10.7. The smallest absolute Gasteiger partial charge is 0.147 e. The van der Waals surface area contributed by atoms with Gasteiger partial charge in [0.15, 0.2) is 0 Å². The van der Waals surface area contributed by atoms with Gasteiger partial charge in [0.2, 0.25) is 0 Å². The molecule has 1 unspecified atom stereocenters. The summed E-state index contributed by atoms with van der Waals surface area (Å²) in [5.74, 6) is 0.519. The maximum atomic E-state index is 3.80. The Morgan fingerprint density at radius 1 is 0.929 bits per heavy atom. The van der Waals surface area contributed by atoms with Gasteiger partial charge in [0.1, 0.15) is 0 Å². The summed E-state index contributed by atoms with van der Waals surface area (Å²) in [6, 6.07) is 13.5. The Labute approximate surface area is 192 Å². The molecule has 0 aliphatic heterocycles. The molecule has 0 amide bonds. The van der Waals surface area contributed by atoms with Gasteiger partial charge in [0.05, 0.1) is 0 Å². The van der Waals surface area contributed by atoms with Crippen molar-refractivity contribution in [2.75, 3.05) is 3.80 Å². The summed E-state index contributed by atoms with van der Waals surface area (Å²) in [5.41, 5.74) is 12.8. The molecule has 28 heavy (non-hydrogen) atoms. The SMILES string of the molecule is CC1=CC(C)C(c2ccccc2[CH2][Ti][NH]c2c(C)cc(C)cc2C)=C1C.Cl.Cl. The number of halogens is 2. The van der Waals surface area contributed by atoms with Crippen molar-refractivity contribution in [3.63, 3.8) is 0 Å². The van der Waals surface area contributed by atoms with Gasteiger partial charge in [-0.05, 0) is 0 Å². The van der Waals surface area contributed by atoms with E-state index in [1.165, 1.54) is 50.2 Å². The first-order valence-corrected chi connectivity index (χ1v) is 11.3. The van der Waals surface area contributed by atoms with E-state index in [9.17, 15) is 0 Å². The van der Waals surface area contributed by atoms with Crippen LogP contribution < -0.4 is 3.80 Å². The summed E-state index contributed by atoms with van der Waals surface area (Å²) in [6.07, 6.45) is 2.40. The second-order valence-electron chi connectivity index (χ2n) is 7.59. The molecular weight excluding hydrogens is 421 g/mol. The monoisotopic (exact) mass is 451 g/mol. The quantitative estimate of drug-likeness (QED) is 0.465. The third kappa shape index (κ3) is 5.33. The molecule has 4 heteroatoms. The maximum absolute atomic E-state index is 3.80. The van der Waals surface area contributed by atoms with Crippen LogP contribution >= 0.6 is 24.8 Å². The zero-order valence-electron chi connectivity index (χ0n) is 17.6. The maximum Gasteiger partial charge on any atom is -0.147 e. The standard InChI is InChI=1S/C15H17.C9H12N.2ClH.Ti/c1-10-7-5-6-8-14(10)15-12(3)9-11(2)13(15)4;1-6-4-7(2)9(10)8(3)5-6;;;/h5-9,12H,1H2,2-4H3;4-5,10H,1-3H3;2*1H;/q;-1;;;+1. The van der Waals surface area contributed by atoms with Crippen LogP contribution in [0.5, 0.6) is 0 Å². The van der Waals surface area contributed by atoms with E-state index in [0.717, 1.165) is 4.73 Å². The topological polar surface area (TPSA) is 12.0 Å². The van der Waals surface area contributed by atoms with Gasteiger partial charge in [-0.15, -0.1) is 24.8 Å². The van der Waals surface area contributed by atoms with Crippen molar-refractivity contribution < 1.29 is 19.4 Å². The second-order valence-corrected chi connectivity index (χ2v) is 9.08. The normalized spacial score (nSPS) is 15.5. The number of anilines is 1. The molecule has 0 saturated heterocycles. The minimum Gasteiger partial charge on any atom is -0.147 e. The summed E-state index contributed by atoms with van der Waals surface area (Å²) >= 11 is -0.287. The van der Waals surface area contributed by atoms with Gasteiger partial charge < -0.3 is 0 Å². The van der Waals surface area contributed by atoms with Gasteiger partial charge in [-0.3, -0.25) is 0 Å². The predicted molar refractivity (Wildman–Crippen MR) is 124 cm³/mol. The summed E-state index contributed by atoms with van der Waals surface area (Å²) in [5, 5.41) is 0. The van der Waals surface area contributed by atoms with E-state index in [0.29, 0.717) is 5.92 Å². The average Bonchev–Trinajstić information content (AvgIpc) is 2.83. The summed E-state index contributed by atoms with van der Waals surface area (Å²) in [4.78, 5) is 0. The van der Waals surface area contributed by atoms with E-state index in [4.69, 9.17) is 0 Å². The summed E-state index contributed by atoms with van der Waals surface area (Å²) < 4.78 is 4.96. The first kappa shape index (κ1) is 25.1. The molecule has 150 valence electrons. The first-order chi connectivity index (χ1) is 12.4. The van der Waals surface area contributed by atoms with E-state index in [2.05, 4.69) is 87.8 Å². The summed E-state index contributed by atoms with van der Waals surface area (Å²) in [6.45, 7) is 13.4. The molecule has 1 nitrogen and oxygen atoms in total. The van der Waals surface area contributed by atoms with E-state index in [1.54, 1.807) is 0 Å². The largest absolute Gasteiger partial charge is 0.147 e. The van der Waals surface area contributed by atoms with Crippen LogP contribution in [0.4, 0.5) is 5.69 Å². The van der Waals surface area contributed by atoms with Crippen molar-refractivity contribution in [3.8, 4) is 0 Å². The molecule has 1 aliphatic rings. The van der Waals surface area contributed by atoms with Crippen LogP contribution in [0.3, 0.4) is 0 Å². The van der Waals surface area contributed by atoms with Crippen LogP contribution in [-0.2, 0) is 24.1 Å². The van der Waals surface area contributed by atoms with Crippen LogP contribution in [0.15, 0.2) is 53.6 Å². The molecule has 2 aromatic rings. The van der Waals surface area contributed by atoms with E-state index < -0.39 is 0 Å². The Morgan fingerprint density at radius 2 is 1.54 bits per heavy atom.